The van der Waals surface area contributed by atoms with Crippen molar-refractivity contribution in [2.75, 3.05) is 19.8 Å². The van der Waals surface area contributed by atoms with E-state index in [1.807, 2.05) is 6.92 Å². The molecule has 2 nitrogen and oxygen atoms in total. The molecule has 2 aromatic rings. The summed E-state index contributed by atoms with van der Waals surface area (Å²) in [6.07, 6.45) is 0. The van der Waals surface area contributed by atoms with Crippen LogP contribution in [-0.4, -0.2) is 25.8 Å². The lowest BCUT2D eigenvalue weighted by Crippen LogP contribution is -2.35. The van der Waals surface area contributed by atoms with Crippen LogP contribution in [-0.2, 0) is 4.74 Å². The smallest absolute Gasteiger partial charge is 0.0590 e. The summed E-state index contributed by atoms with van der Waals surface area (Å²) in [5.74, 6) is 0.356. The first kappa shape index (κ1) is 15.7. The van der Waals surface area contributed by atoms with Crippen LogP contribution in [0, 0.1) is 0 Å². The van der Waals surface area contributed by atoms with E-state index in [1.54, 1.807) is 0 Å². The van der Waals surface area contributed by atoms with Gasteiger partial charge in [0.25, 0.3) is 0 Å². The second kappa shape index (κ2) is 8.60. The van der Waals surface area contributed by atoms with Gasteiger partial charge in [-0.25, -0.2) is 0 Å². The minimum atomic E-state index is 0.356. The predicted molar refractivity (Wildman–Crippen MR) is 88.7 cm³/mol. The van der Waals surface area contributed by atoms with E-state index < -0.39 is 0 Å². The zero-order valence-electron chi connectivity index (χ0n) is 13.0. The Labute approximate surface area is 128 Å². The van der Waals surface area contributed by atoms with Crippen molar-refractivity contribution < 1.29 is 4.74 Å². The Balaban J connectivity index is 2.13. The van der Waals surface area contributed by atoms with E-state index in [0.29, 0.717) is 12.0 Å². The molecule has 112 valence electrons. The Morgan fingerprint density at radius 1 is 0.905 bits per heavy atom. The first-order chi connectivity index (χ1) is 10.3. The van der Waals surface area contributed by atoms with E-state index in [-0.39, 0.29) is 0 Å². The van der Waals surface area contributed by atoms with Gasteiger partial charge in [0.1, 0.15) is 0 Å². The molecule has 2 aromatic carbocycles. The SMILES string of the molecule is CCOCCNC(C)C(c1ccccc1)c1ccccc1. The first-order valence-corrected chi connectivity index (χ1v) is 7.74. The van der Waals surface area contributed by atoms with Crippen molar-refractivity contribution in [3.8, 4) is 0 Å². The quantitative estimate of drug-likeness (QED) is 0.743. The van der Waals surface area contributed by atoms with Gasteiger partial charge in [0.2, 0.25) is 0 Å². The highest BCUT2D eigenvalue weighted by Gasteiger charge is 2.20. The van der Waals surface area contributed by atoms with Crippen LogP contribution < -0.4 is 5.32 Å². The fraction of sp³-hybridized carbons (Fsp3) is 0.368. The van der Waals surface area contributed by atoms with Gasteiger partial charge in [0.05, 0.1) is 6.61 Å². The van der Waals surface area contributed by atoms with Crippen molar-refractivity contribution in [1.29, 1.82) is 0 Å². The number of nitrogens with one attached hydrogen (secondary N) is 1. The van der Waals surface area contributed by atoms with Gasteiger partial charge in [-0.15, -0.1) is 0 Å². The Kier molecular flexibility index (Phi) is 6.45. The molecular weight excluding hydrogens is 258 g/mol. The molecule has 21 heavy (non-hydrogen) atoms. The van der Waals surface area contributed by atoms with E-state index >= 15 is 0 Å². The molecule has 1 N–H and O–H groups in total. The summed E-state index contributed by atoms with van der Waals surface area (Å²) in [5, 5.41) is 3.59. The molecule has 2 heteroatoms. The van der Waals surface area contributed by atoms with Gasteiger partial charge in [-0.3, -0.25) is 0 Å². The lowest BCUT2D eigenvalue weighted by molar-refractivity contribution is 0.146. The molecule has 0 amide bonds. The normalized spacial score (nSPS) is 12.5. The van der Waals surface area contributed by atoms with Crippen molar-refractivity contribution in [3.63, 3.8) is 0 Å². The van der Waals surface area contributed by atoms with Gasteiger partial charge in [0.15, 0.2) is 0 Å². The van der Waals surface area contributed by atoms with E-state index in [2.05, 4.69) is 72.9 Å². The van der Waals surface area contributed by atoms with Crippen LogP contribution in [0.25, 0.3) is 0 Å². The average molecular weight is 283 g/mol. The first-order valence-electron chi connectivity index (χ1n) is 7.74. The Hall–Kier alpha value is -1.64. The highest BCUT2D eigenvalue weighted by Crippen LogP contribution is 2.27. The van der Waals surface area contributed by atoms with Crippen LogP contribution in [0.2, 0.25) is 0 Å². The van der Waals surface area contributed by atoms with Crippen LogP contribution in [0.1, 0.15) is 30.9 Å². The molecule has 0 aromatic heterocycles. The molecule has 0 heterocycles. The predicted octanol–water partition coefficient (Wildman–Crippen LogP) is 3.83. The molecule has 0 aliphatic heterocycles. The van der Waals surface area contributed by atoms with Crippen LogP contribution in [0.3, 0.4) is 0 Å². The molecule has 0 spiro atoms. The van der Waals surface area contributed by atoms with E-state index in [0.717, 1.165) is 19.8 Å². The largest absolute Gasteiger partial charge is 0.380 e. The molecule has 0 aliphatic rings. The van der Waals surface area contributed by atoms with Gasteiger partial charge >= 0.3 is 0 Å². The van der Waals surface area contributed by atoms with Gasteiger partial charge in [-0.1, -0.05) is 60.7 Å². The summed E-state index contributed by atoms with van der Waals surface area (Å²) in [7, 11) is 0. The third-order valence-corrected chi connectivity index (χ3v) is 3.73. The highest BCUT2D eigenvalue weighted by molar-refractivity contribution is 5.34. The third kappa shape index (κ3) is 4.69. The molecule has 1 unspecified atom stereocenters. The molecular formula is C19H25NO. The Morgan fingerprint density at radius 3 is 1.90 bits per heavy atom. The second-order valence-electron chi connectivity index (χ2n) is 5.24. The van der Waals surface area contributed by atoms with Crippen LogP contribution in [0.4, 0.5) is 0 Å². The topological polar surface area (TPSA) is 21.3 Å². The molecule has 0 fully saturated rings. The minimum absolute atomic E-state index is 0.356. The molecule has 0 saturated heterocycles. The van der Waals surface area contributed by atoms with E-state index in [4.69, 9.17) is 4.74 Å². The average Bonchev–Trinajstić information content (AvgIpc) is 2.54. The molecule has 2 rings (SSSR count). The zero-order valence-corrected chi connectivity index (χ0v) is 13.0. The molecule has 0 radical (unpaired) electrons. The molecule has 0 aliphatic carbocycles. The summed E-state index contributed by atoms with van der Waals surface area (Å²) < 4.78 is 5.41. The molecule has 0 bridgehead atoms. The van der Waals surface area contributed by atoms with Gasteiger partial charge in [0, 0.05) is 25.1 Å². The van der Waals surface area contributed by atoms with E-state index in [9.17, 15) is 0 Å². The van der Waals surface area contributed by atoms with Crippen molar-refractivity contribution in [3.05, 3.63) is 71.8 Å². The Bertz CT molecular complexity index is 458. The lowest BCUT2D eigenvalue weighted by atomic mass is 9.86. The van der Waals surface area contributed by atoms with Crippen molar-refractivity contribution >= 4 is 0 Å². The van der Waals surface area contributed by atoms with Gasteiger partial charge < -0.3 is 10.1 Å². The standard InChI is InChI=1S/C19H25NO/c1-3-21-15-14-20-16(2)19(17-10-6-4-7-11-17)18-12-8-5-9-13-18/h4-13,16,19-20H,3,14-15H2,1-2H3. The van der Waals surface area contributed by atoms with Gasteiger partial charge in [-0.2, -0.15) is 0 Å². The number of rotatable bonds is 8. The lowest BCUT2D eigenvalue weighted by Gasteiger charge is -2.26. The van der Waals surface area contributed by atoms with Crippen LogP contribution in [0.15, 0.2) is 60.7 Å². The van der Waals surface area contributed by atoms with Crippen molar-refractivity contribution in [2.24, 2.45) is 0 Å². The number of benzene rings is 2. The third-order valence-electron chi connectivity index (χ3n) is 3.73. The fourth-order valence-corrected chi connectivity index (χ4v) is 2.71. The maximum atomic E-state index is 5.41. The second-order valence-corrected chi connectivity index (χ2v) is 5.24. The fourth-order valence-electron chi connectivity index (χ4n) is 2.71. The number of hydrogen-bond acceptors (Lipinski definition) is 2. The number of hydrogen-bond donors (Lipinski definition) is 1. The Morgan fingerprint density at radius 2 is 1.43 bits per heavy atom. The summed E-state index contributed by atoms with van der Waals surface area (Å²) in [6.45, 7) is 6.69. The van der Waals surface area contributed by atoms with Crippen molar-refractivity contribution in [1.82, 2.24) is 5.32 Å². The summed E-state index contributed by atoms with van der Waals surface area (Å²) in [5.41, 5.74) is 2.69. The highest BCUT2D eigenvalue weighted by atomic mass is 16.5. The van der Waals surface area contributed by atoms with Crippen LogP contribution >= 0.6 is 0 Å². The van der Waals surface area contributed by atoms with E-state index in [1.165, 1.54) is 11.1 Å². The summed E-state index contributed by atoms with van der Waals surface area (Å²) >= 11 is 0. The zero-order chi connectivity index (χ0) is 14.9. The van der Waals surface area contributed by atoms with Crippen molar-refractivity contribution in [2.45, 2.75) is 25.8 Å². The monoisotopic (exact) mass is 283 g/mol. The maximum absolute atomic E-state index is 5.41. The number of ether oxygens (including phenoxy) is 1. The molecule has 0 saturated carbocycles. The molecule has 1 atom stereocenters. The summed E-state index contributed by atoms with van der Waals surface area (Å²) in [6, 6.07) is 21.8. The summed E-state index contributed by atoms with van der Waals surface area (Å²) in [4.78, 5) is 0. The van der Waals surface area contributed by atoms with Gasteiger partial charge in [-0.05, 0) is 25.0 Å². The van der Waals surface area contributed by atoms with Crippen LogP contribution in [0.5, 0.6) is 0 Å². The minimum Gasteiger partial charge on any atom is -0.380 e. The maximum Gasteiger partial charge on any atom is 0.0590 e.